The van der Waals surface area contributed by atoms with Crippen molar-refractivity contribution in [1.29, 1.82) is 0 Å². The molecule has 1 amide bonds. The molecule has 0 radical (unpaired) electrons. The average Bonchev–Trinajstić information content (AvgIpc) is 3.21. The zero-order chi connectivity index (χ0) is 16.4. The fourth-order valence-electron chi connectivity index (χ4n) is 3.03. The van der Waals surface area contributed by atoms with Crippen molar-refractivity contribution in [1.82, 2.24) is 15.3 Å². The maximum atomic E-state index is 12.2. The number of benzene rings is 2. The van der Waals surface area contributed by atoms with Gasteiger partial charge in [0.2, 0.25) is 0 Å². The molecule has 0 bridgehead atoms. The minimum absolute atomic E-state index is 0.0455. The molecule has 2 heterocycles. The number of rotatable bonds is 5. The molecule has 4 rings (SSSR count). The molecule has 0 aliphatic carbocycles. The highest BCUT2D eigenvalue weighted by atomic mass is 16.5. The van der Waals surface area contributed by atoms with E-state index in [0.29, 0.717) is 13.0 Å². The highest BCUT2D eigenvalue weighted by Crippen LogP contribution is 2.28. The lowest BCUT2D eigenvalue weighted by Gasteiger charge is -2.10. The maximum Gasteiger partial charge on any atom is 0.261 e. The summed E-state index contributed by atoms with van der Waals surface area (Å²) in [4.78, 5) is 20.0. The molecule has 5 nitrogen and oxygen atoms in total. The van der Waals surface area contributed by atoms with Gasteiger partial charge < -0.3 is 15.0 Å². The van der Waals surface area contributed by atoms with E-state index in [1.165, 1.54) is 0 Å². The smallest absolute Gasteiger partial charge is 0.261 e. The van der Waals surface area contributed by atoms with Crippen molar-refractivity contribution in [2.24, 2.45) is 0 Å². The lowest BCUT2D eigenvalue weighted by Crippen LogP contribution is -2.38. The summed E-state index contributed by atoms with van der Waals surface area (Å²) in [6, 6.07) is 15.8. The van der Waals surface area contributed by atoms with Crippen LogP contribution in [0, 0.1) is 0 Å². The lowest BCUT2D eigenvalue weighted by atomic mass is 10.1. The molecule has 2 aromatic carbocycles. The number of carbonyl (C=O) groups is 1. The van der Waals surface area contributed by atoms with Gasteiger partial charge in [-0.2, -0.15) is 0 Å². The summed E-state index contributed by atoms with van der Waals surface area (Å²) in [5.74, 6) is 1.73. The van der Waals surface area contributed by atoms with E-state index < -0.39 is 6.10 Å². The fraction of sp³-hybridized carbons (Fsp3) is 0.263. The average molecular weight is 321 g/mol. The van der Waals surface area contributed by atoms with Crippen LogP contribution in [0.4, 0.5) is 0 Å². The number of nitrogens with one attached hydrogen (secondary N) is 2. The zero-order valence-electron chi connectivity index (χ0n) is 13.3. The number of hydrogen-bond acceptors (Lipinski definition) is 3. The molecular weight excluding hydrogens is 302 g/mol. The van der Waals surface area contributed by atoms with Crippen LogP contribution < -0.4 is 10.1 Å². The monoisotopic (exact) mass is 321 g/mol. The number of amides is 1. The summed E-state index contributed by atoms with van der Waals surface area (Å²) in [6.07, 6.45) is 1.88. The predicted octanol–water partition coefficient (Wildman–Crippen LogP) is 2.62. The number of nitrogens with zero attached hydrogens (tertiary/aromatic N) is 1. The Morgan fingerprint density at radius 3 is 2.92 bits per heavy atom. The quantitative estimate of drug-likeness (QED) is 0.710. The van der Waals surface area contributed by atoms with E-state index in [9.17, 15) is 4.79 Å². The van der Waals surface area contributed by atoms with Crippen molar-refractivity contribution >= 4 is 16.9 Å². The summed E-state index contributed by atoms with van der Waals surface area (Å²) in [5, 5.41) is 2.96. The van der Waals surface area contributed by atoms with Gasteiger partial charge in [-0.25, -0.2) is 4.98 Å². The number of aromatic amines is 1. The van der Waals surface area contributed by atoms with E-state index in [1.807, 2.05) is 48.5 Å². The molecule has 5 heteroatoms. The van der Waals surface area contributed by atoms with Gasteiger partial charge in [0.05, 0.1) is 11.0 Å². The van der Waals surface area contributed by atoms with Crippen LogP contribution in [0.2, 0.25) is 0 Å². The first-order chi connectivity index (χ1) is 11.8. The molecule has 0 saturated heterocycles. The molecule has 2 N–H and O–H groups in total. The summed E-state index contributed by atoms with van der Waals surface area (Å²) in [7, 11) is 0. The molecule has 0 spiro atoms. The third kappa shape index (κ3) is 2.97. The second-order valence-corrected chi connectivity index (χ2v) is 6.01. The number of hydrogen-bond donors (Lipinski definition) is 2. The third-order valence-electron chi connectivity index (χ3n) is 4.27. The van der Waals surface area contributed by atoms with Gasteiger partial charge in [0.15, 0.2) is 6.10 Å². The Labute approximate surface area is 140 Å². The summed E-state index contributed by atoms with van der Waals surface area (Å²) in [5.41, 5.74) is 3.13. The van der Waals surface area contributed by atoms with E-state index in [1.54, 1.807) is 0 Å². The van der Waals surface area contributed by atoms with Crippen molar-refractivity contribution in [3.8, 4) is 5.75 Å². The van der Waals surface area contributed by atoms with Crippen LogP contribution in [-0.4, -0.2) is 28.5 Å². The van der Waals surface area contributed by atoms with Crippen LogP contribution in [0.5, 0.6) is 5.75 Å². The van der Waals surface area contributed by atoms with Crippen LogP contribution in [0.1, 0.15) is 17.8 Å². The SMILES string of the molecule is O=C(NCCCc1nc2ccccc2[nH]1)[C@@H]1Cc2ccccc2O1. The largest absolute Gasteiger partial charge is 0.480 e. The molecule has 24 heavy (non-hydrogen) atoms. The number of aryl methyl sites for hydroxylation is 1. The van der Waals surface area contributed by atoms with Crippen LogP contribution >= 0.6 is 0 Å². The standard InChI is InChI=1S/C19H19N3O2/c23-19(17-12-13-6-1-4-9-16(13)24-17)20-11-5-10-18-21-14-7-2-3-8-15(14)22-18/h1-4,6-9,17H,5,10-12H2,(H,20,23)(H,21,22)/t17-/m0/s1. The van der Waals surface area contributed by atoms with Crippen LogP contribution in [0.3, 0.4) is 0 Å². The van der Waals surface area contributed by atoms with Gasteiger partial charge in [0.25, 0.3) is 5.91 Å². The molecule has 1 aliphatic heterocycles. The Kier molecular flexibility index (Phi) is 3.91. The van der Waals surface area contributed by atoms with Crippen molar-refractivity contribution < 1.29 is 9.53 Å². The van der Waals surface area contributed by atoms with Gasteiger partial charge in [-0.15, -0.1) is 0 Å². The fourth-order valence-corrected chi connectivity index (χ4v) is 3.03. The van der Waals surface area contributed by atoms with Crippen LogP contribution in [-0.2, 0) is 17.6 Å². The summed E-state index contributed by atoms with van der Waals surface area (Å²) >= 11 is 0. The van der Waals surface area contributed by atoms with Crippen LogP contribution in [0.25, 0.3) is 11.0 Å². The number of carbonyl (C=O) groups excluding carboxylic acids is 1. The van der Waals surface area contributed by atoms with Crippen molar-refractivity contribution in [3.05, 3.63) is 59.9 Å². The molecule has 1 aliphatic rings. The number of H-pyrrole nitrogens is 1. The zero-order valence-corrected chi connectivity index (χ0v) is 13.3. The van der Waals surface area contributed by atoms with Gasteiger partial charge in [0.1, 0.15) is 11.6 Å². The highest BCUT2D eigenvalue weighted by Gasteiger charge is 2.28. The second kappa shape index (κ2) is 6.35. The first-order valence-corrected chi connectivity index (χ1v) is 8.25. The molecule has 0 unspecified atom stereocenters. The topological polar surface area (TPSA) is 67.0 Å². The first-order valence-electron chi connectivity index (χ1n) is 8.25. The van der Waals surface area contributed by atoms with Gasteiger partial charge in [-0.3, -0.25) is 4.79 Å². The van der Waals surface area contributed by atoms with E-state index in [2.05, 4.69) is 15.3 Å². The van der Waals surface area contributed by atoms with Crippen molar-refractivity contribution in [2.75, 3.05) is 6.54 Å². The normalized spacial score (nSPS) is 15.9. The Balaban J connectivity index is 1.25. The maximum absolute atomic E-state index is 12.2. The highest BCUT2D eigenvalue weighted by molar-refractivity contribution is 5.82. The van der Waals surface area contributed by atoms with E-state index >= 15 is 0 Å². The molecule has 0 fully saturated rings. The second-order valence-electron chi connectivity index (χ2n) is 6.01. The number of imidazole rings is 1. The minimum Gasteiger partial charge on any atom is -0.480 e. The van der Waals surface area contributed by atoms with Gasteiger partial charge in [0, 0.05) is 19.4 Å². The Bertz CT molecular complexity index is 814. The van der Waals surface area contributed by atoms with Gasteiger partial charge in [-0.1, -0.05) is 30.3 Å². The molecule has 3 aromatic rings. The minimum atomic E-state index is -0.409. The van der Waals surface area contributed by atoms with E-state index in [4.69, 9.17) is 4.74 Å². The Hall–Kier alpha value is -2.82. The van der Waals surface area contributed by atoms with Crippen molar-refractivity contribution in [2.45, 2.75) is 25.4 Å². The van der Waals surface area contributed by atoms with Gasteiger partial charge >= 0.3 is 0 Å². The molecule has 1 aromatic heterocycles. The first kappa shape index (κ1) is 14.8. The summed E-state index contributed by atoms with van der Waals surface area (Å²) < 4.78 is 5.69. The number of fused-ring (bicyclic) bond motifs is 2. The predicted molar refractivity (Wildman–Crippen MR) is 92.0 cm³/mol. The Morgan fingerprint density at radius 2 is 2.04 bits per heavy atom. The lowest BCUT2D eigenvalue weighted by molar-refractivity contribution is -0.127. The van der Waals surface area contributed by atoms with E-state index in [-0.39, 0.29) is 5.91 Å². The molecule has 122 valence electrons. The number of para-hydroxylation sites is 3. The molecular formula is C19H19N3O2. The third-order valence-corrected chi connectivity index (χ3v) is 4.27. The summed E-state index contributed by atoms with van der Waals surface area (Å²) in [6.45, 7) is 0.617. The number of ether oxygens (including phenoxy) is 1. The molecule has 0 saturated carbocycles. The van der Waals surface area contributed by atoms with Crippen LogP contribution in [0.15, 0.2) is 48.5 Å². The van der Waals surface area contributed by atoms with Crippen molar-refractivity contribution in [3.63, 3.8) is 0 Å². The van der Waals surface area contributed by atoms with Gasteiger partial charge in [-0.05, 0) is 30.2 Å². The van der Waals surface area contributed by atoms with E-state index in [0.717, 1.165) is 41.0 Å². The number of aromatic nitrogens is 2. The molecule has 1 atom stereocenters. The Morgan fingerprint density at radius 1 is 1.21 bits per heavy atom.